The Hall–Kier alpha value is -1.55. The molecule has 0 amide bonds. The number of fused-ring (bicyclic) bond motifs is 1. The number of aromatic nitrogens is 2. The van der Waals surface area contributed by atoms with Crippen molar-refractivity contribution in [2.24, 2.45) is 0 Å². The van der Waals surface area contributed by atoms with Crippen LogP contribution in [0, 0.1) is 6.92 Å². The summed E-state index contributed by atoms with van der Waals surface area (Å²) < 4.78 is 2.12. The Morgan fingerprint density at radius 3 is 2.45 bits per heavy atom. The predicted molar refractivity (Wildman–Crippen MR) is 85.9 cm³/mol. The molecule has 4 heteroatoms. The number of hydrogen-bond donors (Lipinski definition) is 1. The third-order valence-electron chi connectivity index (χ3n) is 3.84. The number of benzene rings is 1. The number of aryl methyl sites for hydroxylation is 1. The fourth-order valence-corrected chi connectivity index (χ4v) is 2.82. The lowest BCUT2D eigenvalue weighted by Gasteiger charge is -2.30. The van der Waals surface area contributed by atoms with Crippen LogP contribution >= 0.6 is 0 Å². The summed E-state index contributed by atoms with van der Waals surface area (Å²) >= 11 is 0. The van der Waals surface area contributed by atoms with Crippen molar-refractivity contribution in [2.45, 2.75) is 53.2 Å². The summed E-state index contributed by atoms with van der Waals surface area (Å²) in [4.78, 5) is 6.94. The van der Waals surface area contributed by atoms with E-state index in [0.29, 0.717) is 18.0 Å². The highest BCUT2D eigenvalue weighted by Gasteiger charge is 2.15. The van der Waals surface area contributed by atoms with Gasteiger partial charge in [0.1, 0.15) is 0 Å². The molecule has 110 valence electrons. The van der Waals surface area contributed by atoms with Crippen molar-refractivity contribution in [3.63, 3.8) is 0 Å². The second-order valence-electron chi connectivity index (χ2n) is 6.04. The van der Waals surface area contributed by atoms with Gasteiger partial charge in [0, 0.05) is 25.2 Å². The van der Waals surface area contributed by atoms with Gasteiger partial charge in [0.2, 0.25) is 5.95 Å². The molecule has 0 radical (unpaired) electrons. The molecule has 1 heterocycles. The molecule has 0 aliphatic carbocycles. The maximum atomic E-state index is 6.08. The Bertz CT molecular complexity index is 575. The molecule has 1 aromatic carbocycles. The van der Waals surface area contributed by atoms with Crippen LogP contribution in [0.4, 0.5) is 5.95 Å². The van der Waals surface area contributed by atoms with Gasteiger partial charge in [-0.05, 0) is 52.3 Å². The Labute approximate surface area is 121 Å². The molecular formula is C16H26N4. The number of nitrogens with two attached hydrogens (primary N) is 1. The molecule has 2 aromatic rings. The zero-order valence-corrected chi connectivity index (χ0v) is 13.2. The van der Waals surface area contributed by atoms with Crippen LogP contribution in [0.5, 0.6) is 0 Å². The molecular weight excluding hydrogens is 248 g/mol. The van der Waals surface area contributed by atoms with E-state index in [9.17, 15) is 0 Å². The summed E-state index contributed by atoms with van der Waals surface area (Å²) in [6.07, 6.45) is 0. The summed E-state index contributed by atoms with van der Waals surface area (Å²) in [6.45, 7) is 12.9. The van der Waals surface area contributed by atoms with Gasteiger partial charge in [0.15, 0.2) is 0 Å². The maximum Gasteiger partial charge on any atom is 0.201 e. The largest absolute Gasteiger partial charge is 0.369 e. The fraction of sp³-hybridized carbons (Fsp3) is 0.562. The van der Waals surface area contributed by atoms with Crippen LogP contribution in [0.2, 0.25) is 0 Å². The molecule has 0 spiro atoms. The van der Waals surface area contributed by atoms with Gasteiger partial charge in [-0.15, -0.1) is 0 Å². The Kier molecular flexibility index (Phi) is 4.33. The number of nitrogens with zero attached hydrogens (tertiary/aromatic N) is 3. The summed E-state index contributed by atoms with van der Waals surface area (Å²) in [7, 11) is 0. The van der Waals surface area contributed by atoms with E-state index in [2.05, 4.69) is 67.3 Å². The molecule has 0 saturated carbocycles. The Morgan fingerprint density at radius 2 is 1.85 bits per heavy atom. The zero-order chi connectivity index (χ0) is 14.9. The highest BCUT2D eigenvalue weighted by molar-refractivity contribution is 5.79. The third kappa shape index (κ3) is 2.96. The topological polar surface area (TPSA) is 47.1 Å². The van der Waals surface area contributed by atoms with Crippen LogP contribution in [-0.4, -0.2) is 33.1 Å². The van der Waals surface area contributed by atoms with E-state index >= 15 is 0 Å². The monoisotopic (exact) mass is 274 g/mol. The summed E-state index contributed by atoms with van der Waals surface area (Å²) in [5.74, 6) is 0.609. The van der Waals surface area contributed by atoms with Crippen molar-refractivity contribution in [1.29, 1.82) is 0 Å². The van der Waals surface area contributed by atoms with E-state index in [1.807, 2.05) is 0 Å². The number of nitrogen functional groups attached to an aromatic ring is 1. The second-order valence-corrected chi connectivity index (χ2v) is 6.04. The Morgan fingerprint density at radius 1 is 1.20 bits per heavy atom. The highest BCUT2D eigenvalue weighted by Crippen LogP contribution is 2.19. The van der Waals surface area contributed by atoms with Gasteiger partial charge in [0.05, 0.1) is 11.0 Å². The average molecular weight is 274 g/mol. The molecule has 2 N–H and O–H groups in total. The van der Waals surface area contributed by atoms with E-state index in [-0.39, 0.29) is 0 Å². The minimum absolute atomic E-state index is 0.535. The molecule has 0 saturated heterocycles. The van der Waals surface area contributed by atoms with E-state index in [1.165, 1.54) is 5.56 Å². The zero-order valence-electron chi connectivity index (χ0n) is 13.2. The minimum Gasteiger partial charge on any atom is -0.369 e. The van der Waals surface area contributed by atoms with Crippen LogP contribution in [0.3, 0.4) is 0 Å². The number of rotatable bonds is 5. The first-order chi connectivity index (χ1) is 9.40. The lowest BCUT2D eigenvalue weighted by molar-refractivity contribution is 0.169. The van der Waals surface area contributed by atoms with Crippen LogP contribution in [0.25, 0.3) is 11.0 Å². The molecule has 0 fully saturated rings. The fourth-order valence-electron chi connectivity index (χ4n) is 2.82. The molecule has 0 bridgehead atoms. The standard InChI is InChI=1S/C16H26N4/c1-11(2)19(12(3)4)8-9-20-15-7-6-13(5)10-14(15)18-16(20)17/h6-7,10-12H,8-9H2,1-5H3,(H2,17,18). The molecule has 0 atom stereocenters. The molecule has 1 aromatic heterocycles. The quantitative estimate of drug-likeness (QED) is 0.911. The second kappa shape index (κ2) is 5.83. The van der Waals surface area contributed by atoms with Gasteiger partial charge in [-0.1, -0.05) is 6.07 Å². The maximum absolute atomic E-state index is 6.08. The van der Waals surface area contributed by atoms with Gasteiger partial charge in [-0.25, -0.2) is 4.98 Å². The summed E-state index contributed by atoms with van der Waals surface area (Å²) in [5, 5.41) is 0. The predicted octanol–water partition coefficient (Wildman–Crippen LogP) is 3.05. The van der Waals surface area contributed by atoms with Gasteiger partial charge < -0.3 is 10.3 Å². The van der Waals surface area contributed by atoms with Gasteiger partial charge in [-0.3, -0.25) is 4.90 Å². The smallest absolute Gasteiger partial charge is 0.201 e. The molecule has 0 unspecified atom stereocenters. The van der Waals surface area contributed by atoms with Crippen LogP contribution < -0.4 is 5.73 Å². The normalized spacial score (nSPS) is 12.2. The number of hydrogen-bond acceptors (Lipinski definition) is 3. The molecule has 2 rings (SSSR count). The van der Waals surface area contributed by atoms with Gasteiger partial charge >= 0.3 is 0 Å². The summed E-state index contributed by atoms with van der Waals surface area (Å²) in [6, 6.07) is 7.39. The van der Waals surface area contributed by atoms with Gasteiger partial charge in [0.25, 0.3) is 0 Å². The molecule has 0 aliphatic heterocycles. The van der Waals surface area contributed by atoms with E-state index in [0.717, 1.165) is 24.1 Å². The minimum atomic E-state index is 0.535. The molecule has 20 heavy (non-hydrogen) atoms. The Balaban J connectivity index is 2.23. The SMILES string of the molecule is Cc1ccc2c(c1)nc(N)n2CCN(C(C)C)C(C)C. The van der Waals surface area contributed by atoms with Crippen molar-refractivity contribution in [3.05, 3.63) is 23.8 Å². The van der Waals surface area contributed by atoms with E-state index in [4.69, 9.17) is 5.73 Å². The average Bonchev–Trinajstić information content (AvgIpc) is 2.64. The van der Waals surface area contributed by atoms with Crippen molar-refractivity contribution in [2.75, 3.05) is 12.3 Å². The first-order valence-electron chi connectivity index (χ1n) is 7.38. The highest BCUT2D eigenvalue weighted by atomic mass is 15.2. The van der Waals surface area contributed by atoms with Crippen molar-refractivity contribution >= 4 is 17.0 Å². The van der Waals surface area contributed by atoms with Crippen molar-refractivity contribution in [1.82, 2.24) is 14.5 Å². The van der Waals surface area contributed by atoms with Crippen LogP contribution in [0.1, 0.15) is 33.3 Å². The lowest BCUT2D eigenvalue weighted by Crippen LogP contribution is -2.39. The number of imidazole rings is 1. The first-order valence-corrected chi connectivity index (χ1v) is 7.38. The van der Waals surface area contributed by atoms with E-state index < -0.39 is 0 Å². The third-order valence-corrected chi connectivity index (χ3v) is 3.84. The summed E-state index contributed by atoms with van der Waals surface area (Å²) in [5.41, 5.74) is 9.41. The van der Waals surface area contributed by atoms with Crippen LogP contribution in [-0.2, 0) is 6.54 Å². The van der Waals surface area contributed by atoms with E-state index in [1.54, 1.807) is 0 Å². The van der Waals surface area contributed by atoms with Gasteiger partial charge in [-0.2, -0.15) is 0 Å². The first kappa shape index (κ1) is 14.9. The molecule has 4 nitrogen and oxygen atoms in total. The van der Waals surface area contributed by atoms with Crippen LogP contribution in [0.15, 0.2) is 18.2 Å². The number of anilines is 1. The van der Waals surface area contributed by atoms with Crippen molar-refractivity contribution < 1.29 is 0 Å². The van der Waals surface area contributed by atoms with Crippen molar-refractivity contribution in [3.8, 4) is 0 Å². The molecule has 0 aliphatic rings. The lowest BCUT2D eigenvalue weighted by atomic mass is 10.2.